The van der Waals surface area contributed by atoms with Gasteiger partial charge in [-0.2, -0.15) is 0 Å². The van der Waals surface area contributed by atoms with Crippen LogP contribution in [0, 0.1) is 20.8 Å². The van der Waals surface area contributed by atoms with E-state index in [4.69, 9.17) is 0 Å². The van der Waals surface area contributed by atoms with Crippen molar-refractivity contribution in [1.29, 1.82) is 0 Å². The zero-order valence-electron chi connectivity index (χ0n) is 19.8. The van der Waals surface area contributed by atoms with Gasteiger partial charge in [-0.15, -0.1) is 0 Å². The molecule has 0 fully saturated rings. The summed E-state index contributed by atoms with van der Waals surface area (Å²) < 4.78 is 0. The third-order valence-electron chi connectivity index (χ3n) is 5.25. The topological polar surface area (TPSA) is 88.2 Å². The van der Waals surface area contributed by atoms with Gasteiger partial charge in [0.15, 0.2) is 10.9 Å². The number of Topliss-reactive ketones (excluding diaryl/α,β-unsaturated/α-hetero) is 2. The molecule has 3 aromatic rings. The molecule has 1 heterocycles. The van der Waals surface area contributed by atoms with Gasteiger partial charge in [0.05, 0.1) is 17.0 Å². The lowest BCUT2D eigenvalue weighted by molar-refractivity contribution is -0.134. The molecule has 0 saturated heterocycles. The van der Waals surface area contributed by atoms with E-state index in [-0.39, 0.29) is 5.41 Å². The number of anilines is 3. The van der Waals surface area contributed by atoms with E-state index in [2.05, 4.69) is 15.6 Å². The molecule has 0 saturated carbocycles. The fraction of sp³-hybridized carbons (Fsp3) is 0.308. The molecule has 1 aromatic heterocycles. The van der Waals surface area contributed by atoms with Crippen LogP contribution in [0.3, 0.4) is 0 Å². The highest BCUT2D eigenvalue weighted by molar-refractivity contribution is 7.17. The van der Waals surface area contributed by atoms with Crippen LogP contribution in [0.4, 0.5) is 16.5 Å². The van der Waals surface area contributed by atoms with Crippen LogP contribution in [0.5, 0.6) is 0 Å². The van der Waals surface area contributed by atoms with E-state index in [1.807, 2.05) is 77.1 Å². The molecule has 33 heavy (non-hydrogen) atoms. The lowest BCUT2D eigenvalue weighted by Gasteiger charge is -2.24. The van der Waals surface area contributed by atoms with Gasteiger partial charge >= 0.3 is 0 Å². The van der Waals surface area contributed by atoms with Crippen molar-refractivity contribution in [2.75, 3.05) is 10.6 Å². The minimum atomic E-state index is -0.789. The number of hydrogen-bond donors (Lipinski definition) is 2. The molecule has 3 rings (SSSR count). The molecular formula is C26H29N3O3S. The van der Waals surface area contributed by atoms with Crippen molar-refractivity contribution < 1.29 is 14.4 Å². The van der Waals surface area contributed by atoms with E-state index in [0.29, 0.717) is 21.4 Å². The SMILES string of the molecule is Cc1ccc(Nc2nc(C)c(C(=O)CC(=O)C(=O)Nc3c(C)cccc3C(C)(C)C)s2)cc1. The second-order valence-electron chi connectivity index (χ2n) is 9.15. The summed E-state index contributed by atoms with van der Waals surface area (Å²) in [6, 6.07) is 13.5. The summed E-state index contributed by atoms with van der Waals surface area (Å²) in [5.74, 6) is -1.98. The van der Waals surface area contributed by atoms with Crippen molar-refractivity contribution in [2.24, 2.45) is 0 Å². The molecule has 0 spiro atoms. The fourth-order valence-electron chi connectivity index (χ4n) is 3.42. The Labute approximate surface area is 198 Å². The molecule has 172 valence electrons. The average Bonchev–Trinajstić information content (AvgIpc) is 3.10. The normalized spacial score (nSPS) is 11.2. The van der Waals surface area contributed by atoms with Crippen LogP contribution in [-0.4, -0.2) is 22.5 Å². The maximum atomic E-state index is 12.8. The summed E-state index contributed by atoms with van der Waals surface area (Å²) in [4.78, 5) is 42.8. The Morgan fingerprint density at radius 1 is 0.970 bits per heavy atom. The second-order valence-corrected chi connectivity index (χ2v) is 10.1. The number of carbonyl (C=O) groups is 3. The zero-order chi connectivity index (χ0) is 24.3. The van der Waals surface area contributed by atoms with Crippen molar-refractivity contribution in [1.82, 2.24) is 4.98 Å². The number of rotatable bonds is 7. The van der Waals surface area contributed by atoms with Gasteiger partial charge in [0.2, 0.25) is 5.78 Å². The first kappa shape index (κ1) is 24.3. The second kappa shape index (κ2) is 9.67. The predicted molar refractivity (Wildman–Crippen MR) is 134 cm³/mol. The smallest absolute Gasteiger partial charge is 0.292 e. The summed E-state index contributed by atoms with van der Waals surface area (Å²) in [5.41, 5.74) is 4.73. The van der Waals surface area contributed by atoms with Crippen LogP contribution < -0.4 is 10.6 Å². The van der Waals surface area contributed by atoms with E-state index in [9.17, 15) is 14.4 Å². The van der Waals surface area contributed by atoms with E-state index in [1.165, 1.54) is 11.3 Å². The molecule has 0 atom stereocenters. The molecule has 0 unspecified atom stereocenters. The van der Waals surface area contributed by atoms with Gasteiger partial charge in [-0.3, -0.25) is 14.4 Å². The van der Waals surface area contributed by atoms with Crippen molar-refractivity contribution >= 4 is 45.3 Å². The highest BCUT2D eigenvalue weighted by atomic mass is 32.1. The fourth-order valence-corrected chi connectivity index (χ4v) is 4.34. The van der Waals surface area contributed by atoms with Crippen LogP contribution in [-0.2, 0) is 15.0 Å². The van der Waals surface area contributed by atoms with Crippen LogP contribution in [0.15, 0.2) is 42.5 Å². The van der Waals surface area contributed by atoms with Gasteiger partial charge < -0.3 is 10.6 Å². The number of hydrogen-bond acceptors (Lipinski definition) is 6. The number of nitrogens with zero attached hydrogens (tertiary/aromatic N) is 1. The van der Waals surface area contributed by atoms with Gasteiger partial charge in [-0.25, -0.2) is 4.98 Å². The largest absolute Gasteiger partial charge is 0.332 e. The highest BCUT2D eigenvalue weighted by Crippen LogP contribution is 2.32. The molecule has 0 aliphatic carbocycles. The Hall–Kier alpha value is -3.32. The van der Waals surface area contributed by atoms with Crippen LogP contribution >= 0.6 is 11.3 Å². The van der Waals surface area contributed by atoms with Crippen molar-refractivity contribution in [3.8, 4) is 0 Å². The van der Waals surface area contributed by atoms with Gasteiger partial charge in [-0.05, 0) is 49.4 Å². The number of carbonyl (C=O) groups excluding carboxylic acids is 3. The number of ketones is 2. The summed E-state index contributed by atoms with van der Waals surface area (Å²) in [6.07, 6.45) is -0.504. The molecule has 1 amide bonds. The Bertz CT molecular complexity index is 1200. The Morgan fingerprint density at radius 3 is 2.27 bits per heavy atom. The number of para-hydroxylation sites is 1. The van der Waals surface area contributed by atoms with E-state index in [1.54, 1.807) is 6.92 Å². The van der Waals surface area contributed by atoms with Crippen molar-refractivity contribution in [3.05, 3.63) is 69.7 Å². The average molecular weight is 464 g/mol. The lowest BCUT2D eigenvalue weighted by Crippen LogP contribution is -2.27. The van der Waals surface area contributed by atoms with Gasteiger partial charge in [0.25, 0.3) is 5.91 Å². The minimum absolute atomic E-state index is 0.214. The summed E-state index contributed by atoms with van der Waals surface area (Å²) in [5, 5.41) is 6.47. The molecule has 6 nitrogen and oxygen atoms in total. The van der Waals surface area contributed by atoms with E-state index >= 15 is 0 Å². The van der Waals surface area contributed by atoms with E-state index < -0.39 is 23.9 Å². The van der Waals surface area contributed by atoms with Gasteiger partial charge in [-0.1, -0.05) is 68.0 Å². The summed E-state index contributed by atoms with van der Waals surface area (Å²) >= 11 is 1.18. The predicted octanol–water partition coefficient (Wildman–Crippen LogP) is 5.89. The number of nitrogens with one attached hydrogen (secondary N) is 2. The molecule has 2 aromatic carbocycles. The lowest BCUT2D eigenvalue weighted by atomic mass is 9.84. The Morgan fingerprint density at radius 2 is 1.64 bits per heavy atom. The molecular weight excluding hydrogens is 434 g/mol. The summed E-state index contributed by atoms with van der Waals surface area (Å²) in [6.45, 7) is 11.7. The highest BCUT2D eigenvalue weighted by Gasteiger charge is 2.25. The first-order valence-corrected chi connectivity index (χ1v) is 11.6. The van der Waals surface area contributed by atoms with Crippen LogP contribution in [0.25, 0.3) is 0 Å². The maximum absolute atomic E-state index is 12.8. The number of aromatic nitrogens is 1. The quantitative estimate of drug-likeness (QED) is 0.259. The third kappa shape index (κ3) is 5.93. The van der Waals surface area contributed by atoms with Crippen molar-refractivity contribution in [2.45, 2.75) is 53.4 Å². The van der Waals surface area contributed by atoms with Crippen molar-refractivity contribution in [3.63, 3.8) is 0 Å². The molecule has 0 bridgehead atoms. The molecule has 2 N–H and O–H groups in total. The number of aryl methyl sites for hydroxylation is 3. The monoisotopic (exact) mass is 463 g/mol. The van der Waals surface area contributed by atoms with E-state index in [0.717, 1.165) is 22.4 Å². The standard InChI is InChI=1S/C26H29N3O3S/c1-15-10-12-18(13-11-15)28-25-27-17(3)23(33-25)20(30)14-21(31)24(32)29-22-16(2)8-7-9-19(22)26(4,5)6/h7-13H,14H2,1-6H3,(H,27,28)(H,29,32). The van der Waals surface area contributed by atoms with Gasteiger partial charge in [0.1, 0.15) is 0 Å². The van der Waals surface area contributed by atoms with Crippen LogP contribution in [0.2, 0.25) is 0 Å². The summed E-state index contributed by atoms with van der Waals surface area (Å²) in [7, 11) is 0. The first-order valence-electron chi connectivity index (χ1n) is 10.7. The zero-order valence-corrected chi connectivity index (χ0v) is 20.6. The maximum Gasteiger partial charge on any atom is 0.292 e. The van der Waals surface area contributed by atoms with Crippen LogP contribution in [0.1, 0.15) is 59.2 Å². The number of thiazole rings is 1. The number of amides is 1. The Kier molecular flexibility index (Phi) is 7.12. The minimum Gasteiger partial charge on any atom is -0.332 e. The molecule has 0 aliphatic rings. The van der Waals surface area contributed by atoms with Gasteiger partial charge in [0, 0.05) is 11.4 Å². The molecule has 0 radical (unpaired) electrons. The third-order valence-corrected chi connectivity index (χ3v) is 6.36. The molecule has 0 aliphatic heterocycles. The Balaban J connectivity index is 1.70. The molecule has 7 heteroatoms. The number of benzene rings is 2. The first-order chi connectivity index (χ1) is 15.5.